The number of hydrogen-bond donors (Lipinski definition) is 4. The van der Waals surface area contributed by atoms with Crippen LogP contribution < -0.4 is 0 Å². The second-order valence-corrected chi connectivity index (χ2v) is 6.86. The van der Waals surface area contributed by atoms with Crippen LogP contribution in [0.5, 0.6) is 0 Å². The highest BCUT2D eigenvalue weighted by Gasteiger charge is 2.24. The Morgan fingerprint density at radius 2 is 1.60 bits per heavy atom. The first kappa shape index (κ1) is 23.3. The summed E-state index contributed by atoms with van der Waals surface area (Å²) in [5, 5.41) is 36.3. The molecule has 0 aromatic rings. The Morgan fingerprint density at radius 3 is 2.12 bits per heavy atom. The van der Waals surface area contributed by atoms with Crippen LogP contribution in [-0.4, -0.2) is 45.1 Å². The van der Waals surface area contributed by atoms with Gasteiger partial charge < -0.3 is 20.4 Å². The number of carboxylic acids is 2. The van der Waals surface area contributed by atoms with Crippen LogP contribution in [0.25, 0.3) is 0 Å². The standard InChI is InChI=1S/C19H32O6/c1-13(9-14(2)10-15(3)11-18(22)23)7-5-4-6-8-17(21)16(12-20)19(24)25/h10-11,13,16-17,20-21H,4-9,12H2,1-3H3,(H,22,23)(H,24,25)/b14-10+,15-11+/t13-,16-,17+/m1/s1. The van der Waals surface area contributed by atoms with Crippen molar-refractivity contribution in [3.8, 4) is 0 Å². The largest absolute Gasteiger partial charge is 0.481 e. The number of hydrogen-bond acceptors (Lipinski definition) is 4. The molecule has 0 bridgehead atoms. The fourth-order valence-corrected chi connectivity index (χ4v) is 2.92. The molecule has 0 saturated carbocycles. The number of aliphatic carboxylic acids is 2. The van der Waals surface area contributed by atoms with Gasteiger partial charge in [-0.05, 0) is 38.2 Å². The van der Waals surface area contributed by atoms with Gasteiger partial charge in [0.25, 0.3) is 0 Å². The molecule has 0 rings (SSSR count). The minimum absolute atomic E-state index is 0.379. The first-order valence-corrected chi connectivity index (χ1v) is 8.77. The van der Waals surface area contributed by atoms with E-state index < -0.39 is 30.6 Å². The van der Waals surface area contributed by atoms with Crippen LogP contribution in [0.15, 0.2) is 23.3 Å². The lowest BCUT2D eigenvalue weighted by atomic mass is 9.93. The molecule has 25 heavy (non-hydrogen) atoms. The molecule has 0 saturated heterocycles. The fourth-order valence-electron chi connectivity index (χ4n) is 2.92. The quantitative estimate of drug-likeness (QED) is 0.229. The molecule has 0 heterocycles. The summed E-state index contributed by atoms with van der Waals surface area (Å²) in [5.41, 5.74) is 1.87. The van der Waals surface area contributed by atoms with E-state index in [9.17, 15) is 14.7 Å². The third-order valence-corrected chi connectivity index (χ3v) is 4.17. The van der Waals surface area contributed by atoms with Crippen molar-refractivity contribution < 1.29 is 30.0 Å². The second kappa shape index (κ2) is 12.7. The van der Waals surface area contributed by atoms with Gasteiger partial charge in [-0.2, -0.15) is 0 Å². The molecular formula is C19H32O6. The maximum atomic E-state index is 10.8. The van der Waals surface area contributed by atoms with Gasteiger partial charge in [0.2, 0.25) is 0 Å². The molecule has 0 aliphatic carbocycles. The van der Waals surface area contributed by atoms with Crippen molar-refractivity contribution in [2.45, 2.75) is 65.4 Å². The number of carbonyl (C=O) groups is 2. The second-order valence-electron chi connectivity index (χ2n) is 6.86. The third-order valence-electron chi connectivity index (χ3n) is 4.17. The molecule has 0 unspecified atom stereocenters. The lowest BCUT2D eigenvalue weighted by Gasteiger charge is -2.17. The van der Waals surface area contributed by atoms with E-state index in [-0.39, 0.29) is 0 Å². The third kappa shape index (κ3) is 11.5. The Bertz CT molecular complexity index is 480. The first-order chi connectivity index (χ1) is 11.7. The summed E-state index contributed by atoms with van der Waals surface area (Å²) in [5.74, 6) is -2.74. The highest BCUT2D eigenvalue weighted by Crippen LogP contribution is 2.20. The van der Waals surface area contributed by atoms with E-state index in [0.717, 1.165) is 43.3 Å². The smallest absolute Gasteiger partial charge is 0.328 e. The van der Waals surface area contributed by atoms with Crippen molar-refractivity contribution in [1.29, 1.82) is 0 Å². The van der Waals surface area contributed by atoms with E-state index in [1.54, 1.807) is 6.92 Å². The Morgan fingerprint density at radius 1 is 1.00 bits per heavy atom. The maximum Gasteiger partial charge on any atom is 0.328 e. The normalized spacial score (nSPS) is 16.4. The van der Waals surface area contributed by atoms with Crippen molar-refractivity contribution in [3.63, 3.8) is 0 Å². The number of allylic oxidation sites excluding steroid dienone is 3. The molecule has 0 radical (unpaired) electrons. The van der Waals surface area contributed by atoms with Crippen molar-refractivity contribution >= 4 is 11.9 Å². The maximum absolute atomic E-state index is 10.8. The number of rotatable bonds is 13. The number of aliphatic hydroxyl groups excluding tert-OH is 2. The van der Waals surface area contributed by atoms with Crippen LogP contribution in [0.3, 0.4) is 0 Å². The SMILES string of the molecule is CC(=C\C(=O)O)/C=C(\C)C[C@H](C)CCCCC[C@H](O)[C@@H](CO)C(=O)O. The predicted molar refractivity (Wildman–Crippen MR) is 96.2 cm³/mol. The zero-order chi connectivity index (χ0) is 19.4. The predicted octanol–water partition coefficient (Wildman–Crippen LogP) is 2.99. The molecular weight excluding hydrogens is 324 g/mol. The van der Waals surface area contributed by atoms with Gasteiger partial charge in [-0.1, -0.05) is 44.3 Å². The van der Waals surface area contributed by atoms with Gasteiger partial charge in [-0.15, -0.1) is 0 Å². The average molecular weight is 356 g/mol. The van der Waals surface area contributed by atoms with Gasteiger partial charge in [0, 0.05) is 6.08 Å². The molecule has 0 spiro atoms. The Labute approximate surface area is 149 Å². The van der Waals surface area contributed by atoms with E-state index in [0.29, 0.717) is 12.3 Å². The summed E-state index contributed by atoms with van der Waals surface area (Å²) < 4.78 is 0. The highest BCUT2D eigenvalue weighted by molar-refractivity contribution is 5.81. The van der Waals surface area contributed by atoms with Crippen molar-refractivity contribution in [2.24, 2.45) is 11.8 Å². The summed E-state index contributed by atoms with van der Waals surface area (Å²) in [4.78, 5) is 21.4. The summed E-state index contributed by atoms with van der Waals surface area (Å²) in [6, 6.07) is 0. The van der Waals surface area contributed by atoms with Gasteiger partial charge in [0.1, 0.15) is 5.92 Å². The molecule has 0 aliphatic heterocycles. The number of aliphatic hydroxyl groups is 2. The average Bonchev–Trinajstić information content (AvgIpc) is 2.45. The van der Waals surface area contributed by atoms with Crippen LogP contribution in [0.4, 0.5) is 0 Å². The zero-order valence-electron chi connectivity index (χ0n) is 15.4. The summed E-state index contributed by atoms with van der Waals surface area (Å²) in [6.07, 6.45) is 7.00. The van der Waals surface area contributed by atoms with Crippen LogP contribution in [0.1, 0.15) is 59.3 Å². The van der Waals surface area contributed by atoms with Crippen molar-refractivity contribution in [2.75, 3.05) is 6.61 Å². The molecule has 0 aromatic heterocycles. The van der Waals surface area contributed by atoms with E-state index in [1.807, 2.05) is 13.0 Å². The van der Waals surface area contributed by atoms with Crippen molar-refractivity contribution in [3.05, 3.63) is 23.3 Å². The Hall–Kier alpha value is -1.66. The van der Waals surface area contributed by atoms with Gasteiger partial charge in [0.15, 0.2) is 0 Å². The van der Waals surface area contributed by atoms with Crippen LogP contribution in [0.2, 0.25) is 0 Å². The van der Waals surface area contributed by atoms with Crippen LogP contribution in [0, 0.1) is 11.8 Å². The fraction of sp³-hybridized carbons (Fsp3) is 0.684. The van der Waals surface area contributed by atoms with E-state index in [2.05, 4.69) is 6.92 Å². The first-order valence-electron chi connectivity index (χ1n) is 8.77. The molecule has 144 valence electrons. The number of unbranched alkanes of at least 4 members (excludes halogenated alkanes) is 2. The molecule has 4 N–H and O–H groups in total. The van der Waals surface area contributed by atoms with Gasteiger partial charge in [-0.3, -0.25) is 4.79 Å². The molecule has 0 aromatic carbocycles. The lowest BCUT2D eigenvalue weighted by Crippen LogP contribution is -2.31. The Kier molecular flexibility index (Phi) is 11.8. The molecule has 0 aliphatic rings. The van der Waals surface area contributed by atoms with Gasteiger partial charge in [0.05, 0.1) is 12.7 Å². The van der Waals surface area contributed by atoms with E-state index in [1.165, 1.54) is 6.08 Å². The summed E-state index contributed by atoms with van der Waals surface area (Å²) >= 11 is 0. The Balaban J connectivity index is 4.04. The molecule has 0 fully saturated rings. The van der Waals surface area contributed by atoms with Crippen molar-refractivity contribution in [1.82, 2.24) is 0 Å². The van der Waals surface area contributed by atoms with Crippen LogP contribution >= 0.6 is 0 Å². The van der Waals surface area contributed by atoms with E-state index in [4.69, 9.17) is 15.3 Å². The number of carboxylic acid groups (broad SMARTS) is 2. The monoisotopic (exact) mass is 356 g/mol. The van der Waals surface area contributed by atoms with Gasteiger partial charge in [-0.25, -0.2) is 4.79 Å². The van der Waals surface area contributed by atoms with Gasteiger partial charge >= 0.3 is 11.9 Å². The minimum atomic E-state index is -1.17. The lowest BCUT2D eigenvalue weighted by molar-refractivity contribution is -0.147. The molecule has 3 atom stereocenters. The minimum Gasteiger partial charge on any atom is -0.481 e. The summed E-state index contributed by atoms with van der Waals surface area (Å²) in [6.45, 7) is 5.36. The zero-order valence-corrected chi connectivity index (χ0v) is 15.4. The van der Waals surface area contributed by atoms with Crippen LogP contribution in [-0.2, 0) is 9.59 Å². The molecule has 0 amide bonds. The summed E-state index contributed by atoms with van der Waals surface area (Å²) in [7, 11) is 0. The highest BCUT2D eigenvalue weighted by atomic mass is 16.4. The molecule has 6 nitrogen and oxygen atoms in total. The van der Waals surface area contributed by atoms with E-state index >= 15 is 0 Å². The molecule has 6 heteroatoms. The topological polar surface area (TPSA) is 115 Å².